The van der Waals surface area contributed by atoms with Crippen LogP contribution in [0.3, 0.4) is 0 Å². The fraction of sp³-hybridized carbons (Fsp3) is 0.312. The van der Waals surface area contributed by atoms with E-state index in [0.29, 0.717) is 12.2 Å². The maximum absolute atomic E-state index is 10.3. The van der Waals surface area contributed by atoms with Crippen LogP contribution in [0.1, 0.15) is 35.4 Å². The first-order chi connectivity index (χ1) is 9.67. The summed E-state index contributed by atoms with van der Waals surface area (Å²) in [5.41, 5.74) is 2.73. The Labute approximate surface area is 118 Å². The van der Waals surface area contributed by atoms with E-state index in [-0.39, 0.29) is 6.10 Å². The molecule has 4 heteroatoms. The second-order valence-corrected chi connectivity index (χ2v) is 4.99. The Hall–Kier alpha value is -2.07. The zero-order valence-corrected chi connectivity index (χ0v) is 11.5. The largest absolute Gasteiger partial charge is 0.497 e. The first-order valence-corrected chi connectivity index (χ1v) is 6.62. The van der Waals surface area contributed by atoms with E-state index in [2.05, 4.69) is 4.98 Å². The number of benzene rings is 1. The van der Waals surface area contributed by atoms with Gasteiger partial charge in [-0.1, -0.05) is 6.07 Å². The number of hydrogen-bond acceptors (Lipinski definition) is 4. The molecule has 4 nitrogen and oxygen atoms in total. The molecule has 0 saturated carbocycles. The molecule has 2 heterocycles. The summed E-state index contributed by atoms with van der Waals surface area (Å²) in [5.74, 6) is 1.43. The number of aromatic nitrogens is 1. The van der Waals surface area contributed by atoms with Crippen LogP contribution in [0.4, 0.5) is 0 Å². The number of nitrogens with zero attached hydrogens (tertiary/aromatic N) is 1. The van der Waals surface area contributed by atoms with E-state index < -0.39 is 6.10 Å². The van der Waals surface area contributed by atoms with Gasteiger partial charge in [-0.15, -0.1) is 0 Å². The molecule has 0 radical (unpaired) electrons. The second kappa shape index (κ2) is 5.13. The summed E-state index contributed by atoms with van der Waals surface area (Å²) in [6, 6.07) is 9.44. The van der Waals surface area contributed by atoms with Gasteiger partial charge in [-0.3, -0.25) is 4.98 Å². The molecular weight excluding hydrogens is 254 g/mol. The number of aryl methyl sites for hydroxylation is 1. The number of hydrogen-bond donors (Lipinski definition) is 1. The minimum Gasteiger partial charge on any atom is -0.497 e. The number of aliphatic hydroxyl groups is 1. The van der Waals surface area contributed by atoms with Gasteiger partial charge in [0.1, 0.15) is 17.6 Å². The maximum Gasteiger partial charge on any atom is 0.128 e. The molecule has 3 rings (SSSR count). The van der Waals surface area contributed by atoms with Gasteiger partial charge in [-0.25, -0.2) is 0 Å². The van der Waals surface area contributed by atoms with E-state index in [4.69, 9.17) is 9.47 Å². The average Bonchev–Trinajstić information content (AvgIpc) is 2.47. The highest BCUT2D eigenvalue weighted by molar-refractivity contribution is 5.43. The van der Waals surface area contributed by atoms with Crippen LogP contribution < -0.4 is 9.47 Å². The summed E-state index contributed by atoms with van der Waals surface area (Å²) in [7, 11) is 1.61. The number of rotatable bonds is 2. The van der Waals surface area contributed by atoms with Crippen LogP contribution in [0.5, 0.6) is 11.5 Å². The fourth-order valence-corrected chi connectivity index (χ4v) is 2.43. The first-order valence-electron chi connectivity index (χ1n) is 6.62. The Morgan fingerprint density at radius 2 is 2.15 bits per heavy atom. The maximum atomic E-state index is 10.3. The van der Waals surface area contributed by atoms with Crippen LogP contribution >= 0.6 is 0 Å². The second-order valence-electron chi connectivity index (χ2n) is 4.99. The summed E-state index contributed by atoms with van der Waals surface area (Å²) >= 11 is 0. The summed E-state index contributed by atoms with van der Waals surface area (Å²) in [6.07, 6.45) is 1.60. The summed E-state index contributed by atoms with van der Waals surface area (Å²) in [5, 5.41) is 10.3. The highest BCUT2D eigenvalue weighted by Gasteiger charge is 2.28. The van der Waals surface area contributed by atoms with Crippen molar-refractivity contribution in [2.24, 2.45) is 0 Å². The molecule has 0 spiro atoms. The molecule has 1 aliphatic heterocycles. The Balaban J connectivity index is 1.90. The van der Waals surface area contributed by atoms with Crippen LogP contribution in [0.2, 0.25) is 0 Å². The lowest BCUT2D eigenvalue weighted by Crippen LogP contribution is -2.19. The molecule has 2 atom stereocenters. The topological polar surface area (TPSA) is 51.6 Å². The molecule has 1 aliphatic rings. The summed E-state index contributed by atoms with van der Waals surface area (Å²) in [6.45, 7) is 1.95. The monoisotopic (exact) mass is 271 g/mol. The van der Waals surface area contributed by atoms with Crippen molar-refractivity contribution in [1.29, 1.82) is 0 Å². The van der Waals surface area contributed by atoms with E-state index >= 15 is 0 Å². The predicted octanol–water partition coefficient (Wildman–Crippen LogP) is 2.96. The van der Waals surface area contributed by atoms with E-state index in [1.54, 1.807) is 13.3 Å². The predicted molar refractivity (Wildman–Crippen MR) is 74.9 cm³/mol. The third-order valence-corrected chi connectivity index (χ3v) is 3.59. The quantitative estimate of drug-likeness (QED) is 0.912. The summed E-state index contributed by atoms with van der Waals surface area (Å²) < 4.78 is 11.1. The molecular formula is C16H17NO3. The van der Waals surface area contributed by atoms with Crippen molar-refractivity contribution in [3.05, 3.63) is 53.3 Å². The van der Waals surface area contributed by atoms with Crippen molar-refractivity contribution < 1.29 is 14.6 Å². The molecule has 1 N–H and O–H groups in total. The highest BCUT2D eigenvalue weighted by Crippen LogP contribution is 2.41. The van der Waals surface area contributed by atoms with E-state index in [9.17, 15) is 5.11 Å². The third kappa shape index (κ3) is 2.34. The molecule has 0 fully saturated rings. The van der Waals surface area contributed by atoms with Gasteiger partial charge in [-0.2, -0.15) is 0 Å². The minimum absolute atomic E-state index is 0.168. The third-order valence-electron chi connectivity index (χ3n) is 3.59. The smallest absolute Gasteiger partial charge is 0.128 e. The van der Waals surface area contributed by atoms with Crippen LogP contribution in [0, 0.1) is 6.92 Å². The molecule has 20 heavy (non-hydrogen) atoms. The van der Waals surface area contributed by atoms with Gasteiger partial charge in [-0.05, 0) is 31.2 Å². The van der Waals surface area contributed by atoms with Gasteiger partial charge >= 0.3 is 0 Å². The molecule has 104 valence electrons. The van der Waals surface area contributed by atoms with Gasteiger partial charge in [0.2, 0.25) is 0 Å². The number of methoxy groups -OCH3 is 1. The SMILES string of the molecule is COc1ccc2c(c1)[C@@H](O)CC(c1ccc(C)nc1)O2. The Morgan fingerprint density at radius 1 is 1.30 bits per heavy atom. The lowest BCUT2D eigenvalue weighted by molar-refractivity contribution is 0.0653. The van der Waals surface area contributed by atoms with E-state index in [1.165, 1.54) is 0 Å². The van der Waals surface area contributed by atoms with Gasteiger partial charge in [0.05, 0.1) is 13.2 Å². The standard InChI is InChI=1S/C16H17NO3/c1-10-3-4-11(9-17-10)16-8-14(18)13-7-12(19-2)5-6-15(13)20-16/h3-7,9,14,16,18H,8H2,1-2H3/t14-,16?/m0/s1. The minimum atomic E-state index is -0.555. The van der Waals surface area contributed by atoms with Crippen molar-refractivity contribution in [2.75, 3.05) is 7.11 Å². The average molecular weight is 271 g/mol. The van der Waals surface area contributed by atoms with Crippen LogP contribution in [-0.4, -0.2) is 17.2 Å². The van der Waals surface area contributed by atoms with Crippen molar-refractivity contribution in [1.82, 2.24) is 4.98 Å². The molecule has 2 aromatic rings. The molecule has 0 bridgehead atoms. The van der Waals surface area contributed by atoms with E-state index in [0.717, 1.165) is 22.6 Å². The number of ether oxygens (including phenoxy) is 2. The van der Waals surface area contributed by atoms with E-state index in [1.807, 2.05) is 37.3 Å². The molecule has 1 aromatic carbocycles. The lowest BCUT2D eigenvalue weighted by Gasteiger charge is -2.30. The van der Waals surface area contributed by atoms with Crippen molar-refractivity contribution in [3.63, 3.8) is 0 Å². The van der Waals surface area contributed by atoms with Crippen LogP contribution in [-0.2, 0) is 0 Å². The van der Waals surface area contributed by atoms with Crippen molar-refractivity contribution >= 4 is 0 Å². The number of pyridine rings is 1. The van der Waals surface area contributed by atoms with Gasteiger partial charge in [0.15, 0.2) is 0 Å². The molecule has 1 aromatic heterocycles. The molecule has 0 aliphatic carbocycles. The van der Waals surface area contributed by atoms with Gasteiger partial charge in [0, 0.05) is 29.4 Å². The normalized spacial score (nSPS) is 20.9. The first kappa shape index (κ1) is 12.9. The lowest BCUT2D eigenvalue weighted by atomic mass is 9.95. The molecule has 1 unspecified atom stereocenters. The Morgan fingerprint density at radius 3 is 2.85 bits per heavy atom. The van der Waals surface area contributed by atoms with Crippen molar-refractivity contribution in [2.45, 2.75) is 25.6 Å². The van der Waals surface area contributed by atoms with Gasteiger partial charge < -0.3 is 14.6 Å². The van der Waals surface area contributed by atoms with Gasteiger partial charge in [0.25, 0.3) is 0 Å². The summed E-state index contributed by atoms with van der Waals surface area (Å²) in [4.78, 5) is 4.28. The molecule has 0 saturated heterocycles. The number of aliphatic hydroxyl groups excluding tert-OH is 1. The molecule has 0 amide bonds. The van der Waals surface area contributed by atoms with Crippen molar-refractivity contribution in [3.8, 4) is 11.5 Å². The Kier molecular flexibility index (Phi) is 3.32. The van der Waals surface area contributed by atoms with Crippen LogP contribution in [0.25, 0.3) is 0 Å². The fourth-order valence-electron chi connectivity index (χ4n) is 2.43. The van der Waals surface area contributed by atoms with Crippen LogP contribution in [0.15, 0.2) is 36.5 Å². The zero-order valence-electron chi connectivity index (χ0n) is 11.5. The highest BCUT2D eigenvalue weighted by atomic mass is 16.5. The zero-order chi connectivity index (χ0) is 14.1. The number of fused-ring (bicyclic) bond motifs is 1. The Bertz CT molecular complexity index is 610.